The van der Waals surface area contributed by atoms with Gasteiger partial charge in [0.25, 0.3) is 0 Å². The lowest BCUT2D eigenvalue weighted by atomic mass is 9.89. The first-order valence-electron chi connectivity index (χ1n) is 11.5. The van der Waals surface area contributed by atoms with E-state index in [4.69, 9.17) is 24.5 Å². The number of aliphatic carboxylic acids is 2. The zero-order chi connectivity index (χ0) is 29.4. The number of nitrogens with zero attached hydrogens (tertiary/aromatic N) is 4. The number of carboxylic acids is 2. The summed E-state index contributed by atoms with van der Waals surface area (Å²) in [6, 6.07) is 4.76. The fourth-order valence-corrected chi connectivity index (χ4v) is 5.15. The second kappa shape index (κ2) is 14.0. The predicted molar refractivity (Wildman–Crippen MR) is 127 cm³/mol. The van der Waals surface area contributed by atoms with E-state index < -0.39 is 24.3 Å². The Morgan fingerprint density at radius 2 is 1.72 bits per heavy atom. The molecule has 4 rings (SSSR count). The molecule has 0 unspecified atom stereocenters. The fourth-order valence-electron chi connectivity index (χ4n) is 4.35. The summed E-state index contributed by atoms with van der Waals surface area (Å²) in [6.07, 6.45) is -4.85. The van der Waals surface area contributed by atoms with Crippen LogP contribution in [0.3, 0.4) is 0 Å². The van der Waals surface area contributed by atoms with E-state index >= 15 is 0 Å². The van der Waals surface area contributed by atoms with E-state index in [0.29, 0.717) is 18.1 Å². The summed E-state index contributed by atoms with van der Waals surface area (Å²) in [7, 11) is 1.87. The fraction of sp³-hybridized carbons (Fsp3) is 0.565. The molecule has 0 amide bonds. The molecular weight excluding hydrogens is 558 g/mol. The molecule has 0 saturated carbocycles. The minimum absolute atomic E-state index is 0.378. The zero-order valence-electron chi connectivity index (χ0n) is 20.9. The summed E-state index contributed by atoms with van der Waals surface area (Å²) in [4.78, 5) is 33.1. The molecule has 39 heavy (non-hydrogen) atoms. The number of hydrogen-bond donors (Lipinski definition) is 2. The van der Waals surface area contributed by atoms with E-state index in [1.165, 1.54) is 16.1 Å². The summed E-state index contributed by atoms with van der Waals surface area (Å²) in [5.41, 5.74) is 4.44. The Kier molecular flexibility index (Phi) is 11.6. The van der Waals surface area contributed by atoms with Crippen LogP contribution in [0.2, 0.25) is 0 Å². The smallest absolute Gasteiger partial charge is 0.475 e. The van der Waals surface area contributed by atoms with Crippen molar-refractivity contribution in [1.82, 2.24) is 19.8 Å². The molecule has 9 nitrogen and oxygen atoms in total. The summed E-state index contributed by atoms with van der Waals surface area (Å²) >= 11 is 1.78. The lowest BCUT2D eigenvalue weighted by Gasteiger charge is -2.41. The Labute approximate surface area is 224 Å². The SMILES string of the molecule is CO[C@H]1CCN(Cc2scnc2C)[C@@H]2CN(Cc3cccnc3)C[C@H]12.O=C(O)C(F)(F)F.O=C(O)C(F)(F)F. The first-order valence-corrected chi connectivity index (χ1v) is 12.4. The monoisotopic (exact) mass is 586 g/mol. The minimum atomic E-state index is -5.08. The number of halogens is 6. The summed E-state index contributed by atoms with van der Waals surface area (Å²) in [5.74, 6) is -4.93. The van der Waals surface area contributed by atoms with Gasteiger partial charge in [0, 0.05) is 69.1 Å². The van der Waals surface area contributed by atoms with Gasteiger partial charge in [-0.25, -0.2) is 14.6 Å². The van der Waals surface area contributed by atoms with Gasteiger partial charge >= 0.3 is 24.3 Å². The van der Waals surface area contributed by atoms with Crippen molar-refractivity contribution in [2.45, 2.75) is 50.9 Å². The topological polar surface area (TPSA) is 116 Å². The Morgan fingerprint density at radius 1 is 1.10 bits per heavy atom. The number of aromatic nitrogens is 2. The van der Waals surface area contributed by atoms with Crippen molar-refractivity contribution in [1.29, 1.82) is 0 Å². The highest BCUT2D eigenvalue weighted by Gasteiger charge is 2.44. The molecule has 0 spiro atoms. The van der Waals surface area contributed by atoms with Gasteiger partial charge in [0.05, 0.1) is 17.3 Å². The third kappa shape index (κ3) is 10.0. The van der Waals surface area contributed by atoms with Crippen LogP contribution < -0.4 is 0 Å². The highest BCUT2D eigenvalue weighted by molar-refractivity contribution is 7.09. The number of alkyl halides is 6. The third-order valence-corrected chi connectivity index (χ3v) is 7.08. The highest BCUT2D eigenvalue weighted by Crippen LogP contribution is 2.34. The van der Waals surface area contributed by atoms with Crippen LogP contribution in [0.4, 0.5) is 26.3 Å². The van der Waals surface area contributed by atoms with Gasteiger partial charge in [-0.2, -0.15) is 26.3 Å². The standard InChI is InChI=1S/C19H26N4OS.2C2HF3O2/c1-14-19(25-13-21-14)12-23-7-5-18(24-2)16-10-22(11-17(16)23)9-15-4-3-6-20-8-15;2*3-2(4,5)1(6)7/h3-4,6,8,13,16-18H,5,7,9-12H2,1-2H3;2*(H,6,7)/t16-,17+,18-;;/m0../s1. The van der Waals surface area contributed by atoms with Crippen molar-refractivity contribution < 1.29 is 50.9 Å². The number of rotatable bonds is 5. The lowest BCUT2D eigenvalue weighted by molar-refractivity contribution is -0.193. The van der Waals surface area contributed by atoms with Gasteiger partial charge in [0.2, 0.25) is 0 Å². The van der Waals surface area contributed by atoms with Crippen molar-refractivity contribution in [3.63, 3.8) is 0 Å². The van der Waals surface area contributed by atoms with Gasteiger partial charge < -0.3 is 14.9 Å². The maximum atomic E-state index is 10.6. The highest BCUT2D eigenvalue weighted by atomic mass is 32.1. The summed E-state index contributed by atoms with van der Waals surface area (Å²) < 4.78 is 69.3. The molecular formula is C23H28F6N4O5S. The zero-order valence-corrected chi connectivity index (χ0v) is 21.8. The maximum Gasteiger partial charge on any atom is 0.490 e. The second-order valence-corrected chi connectivity index (χ2v) is 9.73. The number of likely N-dealkylation sites (tertiary alicyclic amines) is 2. The lowest BCUT2D eigenvalue weighted by Crippen LogP contribution is -2.50. The Bertz CT molecular complexity index is 1050. The van der Waals surface area contributed by atoms with Gasteiger partial charge in [0.1, 0.15) is 0 Å². The van der Waals surface area contributed by atoms with Gasteiger partial charge in [-0.05, 0) is 25.0 Å². The predicted octanol–water partition coefficient (Wildman–Crippen LogP) is 3.83. The number of methoxy groups -OCH3 is 1. The van der Waals surface area contributed by atoms with E-state index in [1.54, 1.807) is 11.3 Å². The van der Waals surface area contributed by atoms with Crippen LogP contribution in [-0.2, 0) is 27.4 Å². The number of hydrogen-bond acceptors (Lipinski definition) is 8. The maximum absolute atomic E-state index is 10.6. The molecule has 2 N–H and O–H groups in total. The van der Waals surface area contributed by atoms with Gasteiger partial charge in [-0.1, -0.05) is 6.07 Å². The minimum Gasteiger partial charge on any atom is -0.475 e. The molecule has 16 heteroatoms. The molecule has 4 heterocycles. The normalized spacial score (nSPS) is 21.7. The number of fused-ring (bicyclic) bond motifs is 1. The second-order valence-electron chi connectivity index (χ2n) is 8.79. The van der Waals surface area contributed by atoms with Crippen molar-refractivity contribution >= 4 is 23.3 Å². The molecule has 218 valence electrons. The van der Waals surface area contributed by atoms with Gasteiger partial charge in [-0.3, -0.25) is 14.8 Å². The Hall–Kier alpha value is -2.82. The molecule has 2 aliphatic rings. The third-order valence-electron chi connectivity index (χ3n) is 6.16. The first kappa shape index (κ1) is 32.4. The first-order chi connectivity index (χ1) is 18.1. The van der Waals surface area contributed by atoms with Crippen molar-refractivity contribution in [2.24, 2.45) is 5.92 Å². The number of aryl methyl sites for hydroxylation is 1. The quantitative estimate of drug-likeness (QED) is 0.505. The molecule has 2 aromatic heterocycles. The average molecular weight is 587 g/mol. The summed E-state index contributed by atoms with van der Waals surface area (Å²) in [6.45, 7) is 7.44. The van der Waals surface area contributed by atoms with Crippen LogP contribution in [0, 0.1) is 12.8 Å². The Morgan fingerprint density at radius 3 is 2.18 bits per heavy atom. The van der Waals surface area contributed by atoms with Crippen LogP contribution in [-0.4, -0.2) is 93.2 Å². The molecule has 0 aromatic carbocycles. The van der Waals surface area contributed by atoms with Crippen molar-refractivity contribution in [3.8, 4) is 0 Å². The van der Waals surface area contributed by atoms with Crippen molar-refractivity contribution in [3.05, 3.63) is 46.2 Å². The number of pyridine rings is 1. The molecule has 2 saturated heterocycles. The molecule has 0 radical (unpaired) electrons. The van der Waals surface area contributed by atoms with E-state index in [-0.39, 0.29) is 0 Å². The molecule has 2 fully saturated rings. The Balaban J connectivity index is 0.000000317. The number of ether oxygens (including phenoxy) is 1. The number of thiazole rings is 1. The summed E-state index contributed by atoms with van der Waals surface area (Å²) in [5, 5.41) is 14.2. The van der Waals surface area contributed by atoms with Gasteiger partial charge in [0.15, 0.2) is 0 Å². The van der Waals surface area contributed by atoms with Crippen LogP contribution in [0.15, 0.2) is 30.0 Å². The van der Waals surface area contributed by atoms with E-state index in [9.17, 15) is 26.3 Å². The van der Waals surface area contributed by atoms with E-state index in [1.807, 2.05) is 31.1 Å². The van der Waals surface area contributed by atoms with E-state index in [2.05, 4.69) is 32.8 Å². The van der Waals surface area contributed by atoms with Crippen LogP contribution in [0.25, 0.3) is 0 Å². The molecule has 2 aliphatic heterocycles. The van der Waals surface area contributed by atoms with Crippen LogP contribution in [0.1, 0.15) is 22.6 Å². The van der Waals surface area contributed by atoms with E-state index in [0.717, 1.165) is 39.1 Å². The number of carboxylic acid groups (broad SMARTS) is 2. The molecule has 0 bridgehead atoms. The van der Waals surface area contributed by atoms with Gasteiger partial charge in [-0.15, -0.1) is 11.3 Å². The number of piperidine rings is 1. The van der Waals surface area contributed by atoms with Crippen LogP contribution in [0.5, 0.6) is 0 Å². The van der Waals surface area contributed by atoms with Crippen molar-refractivity contribution in [2.75, 3.05) is 26.7 Å². The molecule has 3 atom stereocenters. The molecule has 2 aromatic rings. The number of carbonyl (C=O) groups is 2. The van der Waals surface area contributed by atoms with Crippen LogP contribution >= 0.6 is 11.3 Å². The largest absolute Gasteiger partial charge is 0.490 e. The average Bonchev–Trinajstić information content (AvgIpc) is 3.45. The molecule has 0 aliphatic carbocycles.